The molecule has 0 saturated heterocycles. The van der Waals surface area contributed by atoms with Gasteiger partial charge in [0.2, 0.25) is 11.8 Å². The molecule has 0 aliphatic rings. The maximum atomic E-state index is 12.3. The van der Waals surface area contributed by atoms with Gasteiger partial charge in [-0.05, 0) is 52.8 Å². The molecule has 2 rings (SSSR count). The zero-order valence-corrected chi connectivity index (χ0v) is 17.5. The van der Waals surface area contributed by atoms with Crippen LogP contribution in [0.15, 0.2) is 36.5 Å². The fourth-order valence-corrected chi connectivity index (χ4v) is 2.35. The summed E-state index contributed by atoms with van der Waals surface area (Å²) in [7, 11) is 1.60. The van der Waals surface area contributed by atoms with Crippen molar-refractivity contribution in [2.75, 3.05) is 12.4 Å². The van der Waals surface area contributed by atoms with E-state index in [-0.39, 0.29) is 0 Å². The van der Waals surface area contributed by atoms with Crippen LogP contribution in [0.5, 0.6) is 17.4 Å². The summed E-state index contributed by atoms with van der Waals surface area (Å²) in [6.45, 7) is 8.70. The summed E-state index contributed by atoms with van der Waals surface area (Å²) in [6.07, 6.45) is 0.818. The van der Waals surface area contributed by atoms with Gasteiger partial charge in [0, 0.05) is 11.6 Å². The first-order chi connectivity index (χ1) is 13.6. The summed E-state index contributed by atoms with van der Waals surface area (Å²) in [6, 6.07) is 8.02. The Hall–Kier alpha value is -3.29. The Morgan fingerprint density at radius 2 is 1.79 bits per heavy atom. The number of rotatable bonds is 6. The number of nitrogens with zero attached hydrogens (tertiary/aromatic N) is 1. The van der Waals surface area contributed by atoms with Crippen molar-refractivity contribution in [3.05, 3.63) is 42.1 Å². The van der Waals surface area contributed by atoms with E-state index in [1.54, 1.807) is 46.9 Å². The molecule has 0 aliphatic carbocycles. The molecular formula is C21H27N3O5. The van der Waals surface area contributed by atoms with Gasteiger partial charge >= 0.3 is 6.09 Å². The minimum absolute atomic E-state index is 0.374. The number of amides is 2. The monoisotopic (exact) mass is 401 g/mol. The van der Waals surface area contributed by atoms with Gasteiger partial charge in [0.1, 0.15) is 23.1 Å². The van der Waals surface area contributed by atoms with Crippen molar-refractivity contribution in [3.63, 3.8) is 0 Å². The molecule has 2 N–H and O–H groups in total. The number of hydrogen-bond acceptors (Lipinski definition) is 6. The van der Waals surface area contributed by atoms with Crippen molar-refractivity contribution in [2.45, 2.75) is 46.3 Å². The Bertz CT molecular complexity index is 860. The zero-order valence-electron chi connectivity index (χ0n) is 17.5. The second-order valence-corrected chi connectivity index (χ2v) is 7.43. The van der Waals surface area contributed by atoms with Gasteiger partial charge in [0.25, 0.3) is 0 Å². The lowest BCUT2D eigenvalue weighted by Crippen LogP contribution is -2.43. The minimum atomic E-state index is -0.778. The van der Waals surface area contributed by atoms with Crippen LogP contribution in [-0.4, -0.2) is 35.7 Å². The Morgan fingerprint density at radius 3 is 2.38 bits per heavy atom. The summed E-state index contributed by atoms with van der Waals surface area (Å²) in [5, 5.41) is 5.17. The van der Waals surface area contributed by atoms with Crippen molar-refractivity contribution in [2.24, 2.45) is 0 Å². The predicted octanol–water partition coefficient (Wildman–Crippen LogP) is 4.04. The summed E-state index contributed by atoms with van der Waals surface area (Å²) in [4.78, 5) is 28.2. The van der Waals surface area contributed by atoms with E-state index < -0.39 is 23.6 Å². The van der Waals surface area contributed by atoms with E-state index in [0.717, 1.165) is 11.3 Å². The van der Waals surface area contributed by atoms with Gasteiger partial charge in [-0.2, -0.15) is 0 Å². The lowest BCUT2D eigenvalue weighted by Gasteiger charge is -2.21. The number of alkyl carbamates (subject to hydrolysis) is 1. The fourth-order valence-electron chi connectivity index (χ4n) is 2.35. The summed E-state index contributed by atoms with van der Waals surface area (Å²) < 4.78 is 16.2. The first kappa shape index (κ1) is 22.0. The molecule has 0 radical (unpaired) electrons. The molecule has 1 heterocycles. The van der Waals surface area contributed by atoms with Gasteiger partial charge in [0.15, 0.2) is 0 Å². The first-order valence-electron chi connectivity index (χ1n) is 9.17. The van der Waals surface area contributed by atoms with Gasteiger partial charge in [-0.25, -0.2) is 9.78 Å². The smallest absolute Gasteiger partial charge is 0.408 e. The molecule has 1 aromatic heterocycles. The molecular weight excluding hydrogens is 374 g/mol. The molecule has 0 unspecified atom stereocenters. The van der Waals surface area contributed by atoms with E-state index in [0.29, 0.717) is 17.3 Å². The summed E-state index contributed by atoms with van der Waals surface area (Å²) >= 11 is 0. The van der Waals surface area contributed by atoms with Gasteiger partial charge in [-0.15, -0.1) is 0 Å². The van der Waals surface area contributed by atoms with Crippen LogP contribution < -0.4 is 20.1 Å². The van der Waals surface area contributed by atoms with Crippen molar-refractivity contribution >= 4 is 17.7 Å². The Labute approximate surface area is 170 Å². The third-order valence-electron chi connectivity index (χ3n) is 3.80. The molecule has 0 aliphatic heterocycles. The Balaban J connectivity index is 1.95. The second-order valence-electron chi connectivity index (χ2n) is 7.43. The molecule has 0 spiro atoms. The number of carbonyl (C=O) groups excluding carboxylic acids is 2. The molecule has 0 bridgehead atoms. The van der Waals surface area contributed by atoms with Crippen LogP contribution in [0.4, 0.5) is 10.5 Å². The van der Waals surface area contributed by atoms with Crippen LogP contribution in [0.1, 0.15) is 33.3 Å². The van der Waals surface area contributed by atoms with Gasteiger partial charge in [-0.3, -0.25) is 4.79 Å². The number of aromatic nitrogens is 1. The van der Waals surface area contributed by atoms with Crippen molar-refractivity contribution in [1.82, 2.24) is 10.3 Å². The summed E-state index contributed by atoms with van der Waals surface area (Å²) in [5.41, 5.74) is 0.694. The van der Waals surface area contributed by atoms with E-state index >= 15 is 0 Å². The highest BCUT2D eigenvalue weighted by Crippen LogP contribution is 2.30. The van der Waals surface area contributed by atoms with Crippen LogP contribution in [0.2, 0.25) is 0 Å². The maximum absolute atomic E-state index is 12.3. The van der Waals surface area contributed by atoms with Gasteiger partial charge < -0.3 is 24.8 Å². The Morgan fingerprint density at radius 1 is 1.10 bits per heavy atom. The minimum Gasteiger partial charge on any atom is -0.496 e. The van der Waals surface area contributed by atoms with E-state index in [1.807, 2.05) is 25.1 Å². The topological polar surface area (TPSA) is 98.8 Å². The van der Waals surface area contributed by atoms with Crippen LogP contribution >= 0.6 is 0 Å². The van der Waals surface area contributed by atoms with Crippen LogP contribution in [-0.2, 0) is 9.53 Å². The molecule has 0 fully saturated rings. The molecule has 1 aromatic carbocycles. The number of ether oxygens (including phenoxy) is 3. The van der Waals surface area contributed by atoms with Crippen LogP contribution in [0.3, 0.4) is 0 Å². The van der Waals surface area contributed by atoms with E-state index in [2.05, 4.69) is 15.6 Å². The lowest BCUT2D eigenvalue weighted by atomic mass is 10.2. The van der Waals surface area contributed by atoms with Gasteiger partial charge in [0.05, 0.1) is 19.0 Å². The Kier molecular flexibility index (Phi) is 7.03. The standard InChI is InChI=1S/C21H27N3O5/c1-13-16(27-6)8-7-9-17(13)28-18-11-10-15(12-22-18)24-19(25)14(2)23-20(26)29-21(3,4)5/h7-12,14H,1-6H3,(H,23,26)(H,24,25)/t14-/m1/s1. The largest absolute Gasteiger partial charge is 0.496 e. The molecule has 29 heavy (non-hydrogen) atoms. The van der Waals surface area contributed by atoms with Gasteiger partial charge in [-0.1, -0.05) is 6.07 Å². The predicted molar refractivity (Wildman–Crippen MR) is 110 cm³/mol. The quantitative estimate of drug-likeness (QED) is 0.758. The first-order valence-corrected chi connectivity index (χ1v) is 9.17. The number of methoxy groups -OCH3 is 1. The third kappa shape index (κ3) is 6.67. The molecule has 2 aromatic rings. The normalized spacial score (nSPS) is 11.9. The number of pyridine rings is 1. The number of benzene rings is 1. The highest BCUT2D eigenvalue weighted by Gasteiger charge is 2.21. The molecule has 8 heteroatoms. The highest BCUT2D eigenvalue weighted by atomic mass is 16.6. The van der Waals surface area contributed by atoms with E-state index in [9.17, 15) is 9.59 Å². The third-order valence-corrected chi connectivity index (χ3v) is 3.80. The van der Waals surface area contributed by atoms with Crippen molar-refractivity contribution in [3.8, 4) is 17.4 Å². The molecule has 156 valence electrons. The van der Waals surface area contributed by atoms with Crippen molar-refractivity contribution in [1.29, 1.82) is 0 Å². The van der Waals surface area contributed by atoms with Crippen LogP contribution in [0, 0.1) is 6.92 Å². The van der Waals surface area contributed by atoms with E-state index in [1.165, 1.54) is 6.20 Å². The lowest BCUT2D eigenvalue weighted by molar-refractivity contribution is -0.117. The number of carbonyl (C=O) groups is 2. The number of nitrogens with one attached hydrogen (secondary N) is 2. The molecule has 0 saturated carbocycles. The maximum Gasteiger partial charge on any atom is 0.408 e. The molecule has 2 amide bonds. The highest BCUT2D eigenvalue weighted by molar-refractivity contribution is 5.96. The van der Waals surface area contributed by atoms with E-state index in [4.69, 9.17) is 14.2 Å². The number of anilines is 1. The molecule has 8 nitrogen and oxygen atoms in total. The fraction of sp³-hybridized carbons (Fsp3) is 0.381. The second kappa shape index (κ2) is 9.27. The van der Waals surface area contributed by atoms with Crippen molar-refractivity contribution < 1.29 is 23.8 Å². The zero-order chi connectivity index (χ0) is 21.6. The molecule has 1 atom stereocenters. The van der Waals surface area contributed by atoms with Crippen LogP contribution in [0.25, 0.3) is 0 Å². The average Bonchev–Trinajstić information content (AvgIpc) is 2.63. The number of hydrogen-bond donors (Lipinski definition) is 2. The summed E-state index contributed by atoms with van der Waals surface area (Å²) in [5.74, 6) is 1.33. The average molecular weight is 401 g/mol. The SMILES string of the molecule is COc1cccc(Oc2ccc(NC(=O)[C@@H](C)NC(=O)OC(C)(C)C)cn2)c1C.